The van der Waals surface area contributed by atoms with Crippen LogP contribution < -0.4 is 31.4 Å². The summed E-state index contributed by atoms with van der Waals surface area (Å²) in [7, 11) is -3.95. The molecule has 17 nitrogen and oxygen atoms in total. The van der Waals surface area contributed by atoms with Crippen LogP contribution in [0.1, 0.15) is 125 Å². The molecule has 9 heterocycles. The van der Waals surface area contributed by atoms with E-state index in [2.05, 4.69) is 19.9 Å². The van der Waals surface area contributed by atoms with Crippen molar-refractivity contribution in [3.05, 3.63) is 161 Å². The van der Waals surface area contributed by atoms with Crippen molar-refractivity contribution >= 4 is 27.3 Å². The Morgan fingerprint density at radius 2 is 0.894 bits per heavy atom. The number of pyridine rings is 3. The van der Waals surface area contributed by atoms with Crippen molar-refractivity contribution in [2.24, 2.45) is 54.8 Å². The van der Waals surface area contributed by atoms with Gasteiger partial charge in [0.1, 0.15) is 91.0 Å². The van der Waals surface area contributed by atoms with E-state index in [0.29, 0.717) is 49.3 Å². The van der Waals surface area contributed by atoms with Crippen molar-refractivity contribution in [2.45, 2.75) is 152 Å². The van der Waals surface area contributed by atoms with E-state index in [1.165, 1.54) is 62.4 Å². The van der Waals surface area contributed by atoms with Crippen LogP contribution in [-0.2, 0) is 40.7 Å². The molecule has 504 valence electrons. The first kappa shape index (κ1) is 69.0. The number of hydrogen-bond donors (Lipinski definition) is 3. The molecule has 6 aliphatic heterocycles. The highest BCUT2D eigenvalue weighted by atomic mass is 32.2. The zero-order chi connectivity index (χ0) is 68.7. The van der Waals surface area contributed by atoms with Gasteiger partial charge >= 0.3 is 0 Å². The standard InChI is InChI=1S/C23H26F3N3O2.C22H24F3N3O4S.C22H24F3N3O2/c1-21(2)9-13-10-22(3,4)30-12-23(13,29-20(21)27)16-8-15(5-6-17(16)25)31-19-18(26)7-14(24)11-28-19;1-20(2)9-17-22(11-31-20,28-19(26)21(3,4)33(17,29)30)14-8-13(5-6-15(14)24)32-16-7-12(23)10-27-18(16)25;1-12-6-13-9-21(2,3)20(26)28-22(13,11-29-12)16-8-15(4-5-17(16)24)30-19-18(25)7-14(23)10-27-19/h5-8,11,13H,9-10,12H2,1-4H3,(H2,27,29);5-8,10,17H,9,11H2,1-4H3,(H2,26,28);4-5,7-8,10,12-13H,6,9,11H2,1-3H3,(H2,26,28)/t13-,23+;17-,22-;12-,13-,22-/m110/s1. The number of nitrogens with zero attached hydrogens (tertiary/aromatic N) is 6. The van der Waals surface area contributed by atoms with Crippen LogP contribution in [0.4, 0.5) is 39.5 Å². The number of aliphatic imine (C=N–C) groups is 3. The molecule has 12 rings (SSSR count). The van der Waals surface area contributed by atoms with Gasteiger partial charge in [0.15, 0.2) is 27.2 Å². The molecule has 0 aliphatic carbocycles. The SMILES string of the molecule is CC1(C)C[C@@H]2[C@](c3cc(Oc4cc(F)cnc4F)ccc3F)(CO1)N=C(N)C(C)(C)S2(=O)=O.CC1(C)C[C@H]2CC(C)(C)C(N)=N[C@@]2(c2cc(Oc3ncc(F)cc3F)ccc2F)CO1.C[C@H]1C[C@H]2CC(C)(C)C(N)=N[C@@]2(c2cc(Oc3ncc(F)cc3F)ccc2F)CO1. The fourth-order valence-corrected chi connectivity index (χ4v) is 15.5. The number of nitrogens with two attached hydrogens (primary N) is 3. The molecular weight excluding hydrogens is 1260 g/mol. The lowest BCUT2D eigenvalue weighted by Gasteiger charge is -2.52. The summed E-state index contributed by atoms with van der Waals surface area (Å²) in [6, 6.07) is 13.7. The van der Waals surface area contributed by atoms with E-state index in [1.54, 1.807) is 13.8 Å². The smallest absolute Gasteiger partial charge is 0.256 e. The highest BCUT2D eigenvalue weighted by Gasteiger charge is 2.63. The van der Waals surface area contributed by atoms with Gasteiger partial charge in [0.05, 0.1) is 61.0 Å². The number of sulfone groups is 1. The summed E-state index contributed by atoms with van der Waals surface area (Å²) in [5, 5.41) is -1.15. The van der Waals surface area contributed by atoms with Crippen LogP contribution in [-0.4, -0.2) is 88.0 Å². The Morgan fingerprint density at radius 1 is 0.479 bits per heavy atom. The van der Waals surface area contributed by atoms with E-state index in [-0.39, 0.29) is 100 Å². The lowest BCUT2D eigenvalue weighted by Crippen LogP contribution is -2.66. The third-order valence-corrected chi connectivity index (χ3v) is 21.6. The molecule has 6 aromatic rings. The normalized spacial score (nSPS) is 27.3. The number of halogens is 9. The molecule has 27 heteroatoms. The maximum Gasteiger partial charge on any atom is 0.256 e. The maximum atomic E-state index is 15.2. The zero-order valence-electron chi connectivity index (χ0n) is 53.6. The molecule has 0 spiro atoms. The molecule has 6 aliphatic rings. The zero-order valence-corrected chi connectivity index (χ0v) is 54.4. The van der Waals surface area contributed by atoms with Crippen molar-refractivity contribution in [2.75, 3.05) is 19.8 Å². The second-order valence-electron chi connectivity index (χ2n) is 27.8. The minimum Gasteiger partial charge on any atom is -0.452 e. The summed E-state index contributed by atoms with van der Waals surface area (Å²) >= 11 is 0. The number of ether oxygens (including phenoxy) is 6. The van der Waals surface area contributed by atoms with Gasteiger partial charge in [-0.05, 0) is 147 Å². The van der Waals surface area contributed by atoms with Gasteiger partial charge < -0.3 is 45.6 Å². The van der Waals surface area contributed by atoms with E-state index >= 15 is 13.2 Å². The predicted molar refractivity (Wildman–Crippen MR) is 332 cm³/mol. The summed E-state index contributed by atoms with van der Waals surface area (Å²) in [4.78, 5) is 24.6. The fourth-order valence-electron chi connectivity index (χ4n) is 13.1. The first-order valence-electron chi connectivity index (χ1n) is 30.3. The van der Waals surface area contributed by atoms with Crippen molar-refractivity contribution < 1.29 is 76.4 Å². The predicted octanol–water partition coefficient (Wildman–Crippen LogP) is 13.4. The average Bonchev–Trinajstić information content (AvgIpc) is 0.999. The van der Waals surface area contributed by atoms with Crippen LogP contribution in [0.5, 0.6) is 34.8 Å². The molecule has 0 amide bonds. The van der Waals surface area contributed by atoms with E-state index in [0.717, 1.165) is 30.9 Å². The molecule has 94 heavy (non-hydrogen) atoms. The Kier molecular flexibility index (Phi) is 18.1. The highest BCUT2D eigenvalue weighted by molar-refractivity contribution is 7.94. The molecule has 0 bridgehead atoms. The van der Waals surface area contributed by atoms with Crippen LogP contribution in [0.25, 0.3) is 0 Å². The monoisotopic (exact) mass is 1340 g/mol. The Bertz CT molecular complexity index is 4160. The van der Waals surface area contributed by atoms with Crippen LogP contribution in [0.3, 0.4) is 0 Å². The Morgan fingerprint density at radius 3 is 1.39 bits per heavy atom. The summed E-state index contributed by atoms with van der Waals surface area (Å²) < 4.78 is 187. The van der Waals surface area contributed by atoms with E-state index in [4.69, 9.17) is 55.6 Å². The molecule has 6 N–H and O–H groups in total. The molecule has 3 saturated heterocycles. The van der Waals surface area contributed by atoms with Crippen LogP contribution in [0, 0.1) is 75.2 Å². The average molecular weight is 1340 g/mol. The fraction of sp³-hybridized carbons (Fsp3) is 0.463. The first-order valence-corrected chi connectivity index (χ1v) is 31.8. The van der Waals surface area contributed by atoms with Gasteiger partial charge in [0.25, 0.3) is 17.7 Å². The summed E-state index contributed by atoms with van der Waals surface area (Å²) in [5.41, 5.74) is 13.6. The minimum absolute atomic E-state index is 0.00832. The number of hydrogen-bond acceptors (Lipinski definition) is 17. The van der Waals surface area contributed by atoms with Gasteiger partial charge in [-0.15, -0.1) is 0 Å². The summed E-state index contributed by atoms with van der Waals surface area (Å²) in [5.74, 6) is -7.52. The number of benzene rings is 3. The largest absolute Gasteiger partial charge is 0.452 e. The molecule has 3 aromatic carbocycles. The third kappa shape index (κ3) is 13.2. The van der Waals surface area contributed by atoms with Gasteiger partial charge in [0.2, 0.25) is 0 Å². The molecular formula is C67H74F9N9O8S. The van der Waals surface area contributed by atoms with Gasteiger partial charge in [0, 0.05) is 45.7 Å². The Hall–Kier alpha value is -7.88. The molecule has 7 atom stereocenters. The highest BCUT2D eigenvalue weighted by Crippen LogP contribution is 2.55. The maximum absolute atomic E-state index is 15.2. The number of amidine groups is 3. The van der Waals surface area contributed by atoms with Crippen molar-refractivity contribution in [3.63, 3.8) is 0 Å². The molecule has 0 radical (unpaired) electrons. The van der Waals surface area contributed by atoms with Crippen molar-refractivity contribution in [1.29, 1.82) is 0 Å². The second kappa shape index (κ2) is 24.7. The molecule has 3 aromatic heterocycles. The lowest BCUT2D eigenvalue weighted by molar-refractivity contribution is -0.123. The molecule has 3 fully saturated rings. The van der Waals surface area contributed by atoms with E-state index in [1.807, 2.05) is 48.5 Å². The third-order valence-electron chi connectivity index (χ3n) is 18.6. The van der Waals surface area contributed by atoms with Gasteiger partial charge in [-0.1, -0.05) is 27.7 Å². The Labute approximate surface area is 538 Å². The Balaban J connectivity index is 0.000000154. The topological polar surface area (TPSA) is 243 Å². The van der Waals surface area contributed by atoms with Crippen LogP contribution in [0.2, 0.25) is 0 Å². The van der Waals surface area contributed by atoms with E-state index < -0.39 is 112 Å². The first-order chi connectivity index (χ1) is 43.7. The second-order valence-corrected chi connectivity index (χ2v) is 30.5. The summed E-state index contributed by atoms with van der Waals surface area (Å²) in [6.07, 6.45) is 5.28. The van der Waals surface area contributed by atoms with Gasteiger partial charge in [-0.3, -0.25) is 15.0 Å². The number of rotatable bonds is 9. The van der Waals surface area contributed by atoms with E-state index in [9.17, 15) is 34.8 Å². The number of fused-ring (bicyclic) bond motifs is 3. The van der Waals surface area contributed by atoms with Crippen LogP contribution >= 0.6 is 0 Å². The minimum atomic E-state index is -3.95. The van der Waals surface area contributed by atoms with Gasteiger partial charge in [-0.2, -0.15) is 4.39 Å². The number of aromatic nitrogens is 3. The van der Waals surface area contributed by atoms with Crippen molar-refractivity contribution in [1.82, 2.24) is 15.0 Å². The summed E-state index contributed by atoms with van der Waals surface area (Å²) in [6.45, 7) is 20.6. The van der Waals surface area contributed by atoms with Crippen LogP contribution in [0.15, 0.2) is 106 Å². The quantitative estimate of drug-likeness (QED) is 0.0901. The van der Waals surface area contributed by atoms with Gasteiger partial charge in [-0.25, -0.2) is 58.5 Å². The van der Waals surface area contributed by atoms with Crippen molar-refractivity contribution in [3.8, 4) is 34.8 Å². The molecule has 0 saturated carbocycles. The molecule has 0 unspecified atom stereocenters. The lowest BCUT2D eigenvalue weighted by atomic mass is 9.63.